The van der Waals surface area contributed by atoms with Crippen molar-refractivity contribution in [2.75, 3.05) is 0 Å². The van der Waals surface area contributed by atoms with Crippen LogP contribution < -0.4 is 0 Å². The Hall–Kier alpha value is -4.66. The minimum atomic E-state index is 0.703. The summed E-state index contributed by atoms with van der Waals surface area (Å²) in [7, 11) is 0. The predicted molar refractivity (Wildman–Crippen MR) is 165 cm³/mol. The number of hydrogen-bond acceptors (Lipinski definition) is 1. The van der Waals surface area contributed by atoms with Crippen LogP contribution in [-0.4, -0.2) is 9.55 Å². The zero-order valence-electron chi connectivity index (χ0n) is 21.6. The van der Waals surface area contributed by atoms with Crippen LogP contribution in [0.5, 0.6) is 0 Å². The van der Waals surface area contributed by atoms with Crippen molar-refractivity contribution in [3.05, 3.63) is 155 Å². The van der Waals surface area contributed by atoms with E-state index in [1.54, 1.807) is 0 Å². The molecule has 0 unspecified atom stereocenters. The van der Waals surface area contributed by atoms with E-state index in [4.69, 9.17) is 16.6 Å². The Labute approximate surface area is 234 Å². The van der Waals surface area contributed by atoms with E-state index in [-0.39, 0.29) is 0 Å². The first-order valence-corrected chi connectivity index (χ1v) is 13.4. The minimum absolute atomic E-state index is 0.703. The molecule has 1 heterocycles. The molecule has 1 aromatic heterocycles. The number of imidazole rings is 1. The maximum Gasteiger partial charge on any atom is 0.145 e. The summed E-state index contributed by atoms with van der Waals surface area (Å²) in [5, 5.41) is 0.703. The second kappa shape index (κ2) is 11.0. The van der Waals surface area contributed by atoms with Crippen LogP contribution in [0.1, 0.15) is 16.7 Å². The molecule has 39 heavy (non-hydrogen) atoms. The second-order valence-electron chi connectivity index (χ2n) is 9.54. The maximum absolute atomic E-state index is 6.28. The van der Waals surface area contributed by atoms with Crippen molar-refractivity contribution >= 4 is 23.8 Å². The first-order chi connectivity index (χ1) is 19.2. The summed E-state index contributed by atoms with van der Waals surface area (Å²) < 4.78 is 2.24. The zero-order valence-corrected chi connectivity index (χ0v) is 22.4. The number of halogens is 1. The van der Waals surface area contributed by atoms with Crippen LogP contribution in [0.25, 0.3) is 51.7 Å². The van der Waals surface area contributed by atoms with Crippen LogP contribution in [-0.2, 0) is 0 Å². The van der Waals surface area contributed by atoms with E-state index in [1.807, 2.05) is 36.4 Å². The molecule has 0 saturated heterocycles. The number of hydrogen-bond donors (Lipinski definition) is 0. The smallest absolute Gasteiger partial charge is 0.145 e. The number of benzene rings is 5. The highest BCUT2D eigenvalue weighted by atomic mass is 35.5. The highest BCUT2D eigenvalue weighted by Gasteiger charge is 2.22. The Morgan fingerprint density at radius 1 is 0.564 bits per heavy atom. The molecule has 6 rings (SSSR count). The van der Waals surface area contributed by atoms with E-state index in [0.717, 1.165) is 45.2 Å². The summed E-state index contributed by atoms with van der Waals surface area (Å²) >= 11 is 6.28. The molecule has 0 N–H and O–H groups in total. The average molecular weight is 523 g/mol. The number of aryl methyl sites for hydroxylation is 1. The van der Waals surface area contributed by atoms with Crippen molar-refractivity contribution < 1.29 is 0 Å². The fourth-order valence-corrected chi connectivity index (χ4v) is 4.85. The van der Waals surface area contributed by atoms with Crippen molar-refractivity contribution in [3.8, 4) is 39.6 Å². The highest BCUT2D eigenvalue weighted by Crippen LogP contribution is 2.38. The van der Waals surface area contributed by atoms with Gasteiger partial charge in [0, 0.05) is 27.4 Å². The van der Waals surface area contributed by atoms with Gasteiger partial charge in [-0.3, -0.25) is 4.57 Å². The number of nitrogens with zero attached hydrogens (tertiary/aromatic N) is 2. The average Bonchev–Trinajstić information content (AvgIpc) is 3.39. The SMILES string of the molecule is Cc1ccc(/C=C/c2ccc(-c3nc(-c4ccccc4)c(-c4ccccc4)n3-c3ccc(Cl)cc3)cc2)cc1. The Bertz CT molecular complexity index is 1710. The molecule has 6 aromatic rings. The van der Waals surface area contributed by atoms with Crippen molar-refractivity contribution in [1.29, 1.82) is 0 Å². The number of rotatable bonds is 6. The Balaban J connectivity index is 1.50. The van der Waals surface area contributed by atoms with Gasteiger partial charge in [0.05, 0.1) is 11.4 Å². The second-order valence-corrected chi connectivity index (χ2v) is 9.98. The van der Waals surface area contributed by atoms with Crippen molar-refractivity contribution in [2.45, 2.75) is 6.92 Å². The topological polar surface area (TPSA) is 17.8 Å². The van der Waals surface area contributed by atoms with Crippen LogP contribution in [0.2, 0.25) is 5.02 Å². The Morgan fingerprint density at radius 2 is 1.10 bits per heavy atom. The summed E-state index contributed by atoms with van der Waals surface area (Å²) in [5.41, 5.74) is 9.78. The van der Waals surface area contributed by atoms with Gasteiger partial charge in [-0.15, -0.1) is 0 Å². The first kappa shape index (κ1) is 24.7. The maximum atomic E-state index is 6.28. The molecular formula is C36H27ClN2. The van der Waals surface area contributed by atoms with Crippen LogP contribution in [0, 0.1) is 6.92 Å². The van der Waals surface area contributed by atoms with E-state index >= 15 is 0 Å². The van der Waals surface area contributed by atoms with E-state index in [9.17, 15) is 0 Å². The van der Waals surface area contributed by atoms with E-state index < -0.39 is 0 Å². The third kappa shape index (κ3) is 5.34. The van der Waals surface area contributed by atoms with Crippen LogP contribution in [0.3, 0.4) is 0 Å². The van der Waals surface area contributed by atoms with Gasteiger partial charge in [0.1, 0.15) is 5.82 Å². The monoisotopic (exact) mass is 522 g/mol. The molecule has 0 aliphatic carbocycles. The lowest BCUT2D eigenvalue weighted by Crippen LogP contribution is -2.00. The molecule has 0 radical (unpaired) electrons. The van der Waals surface area contributed by atoms with E-state index in [2.05, 4.69) is 121 Å². The van der Waals surface area contributed by atoms with Crippen LogP contribution in [0.4, 0.5) is 0 Å². The summed E-state index contributed by atoms with van der Waals surface area (Å²) in [4.78, 5) is 5.27. The molecule has 0 aliphatic rings. The molecule has 0 fully saturated rings. The lowest BCUT2D eigenvalue weighted by Gasteiger charge is -2.14. The first-order valence-electron chi connectivity index (χ1n) is 13.0. The van der Waals surface area contributed by atoms with Gasteiger partial charge in [0.2, 0.25) is 0 Å². The van der Waals surface area contributed by atoms with Gasteiger partial charge < -0.3 is 0 Å². The fourth-order valence-electron chi connectivity index (χ4n) is 4.73. The van der Waals surface area contributed by atoms with Crippen LogP contribution in [0.15, 0.2) is 133 Å². The third-order valence-electron chi connectivity index (χ3n) is 6.77. The normalized spacial score (nSPS) is 11.2. The summed E-state index contributed by atoms with van der Waals surface area (Å²) in [6, 6.07) is 45.9. The van der Waals surface area contributed by atoms with E-state index in [0.29, 0.717) is 5.02 Å². The molecule has 0 amide bonds. The standard InChI is InChI=1S/C36H27ClN2/c1-26-12-14-27(15-13-26)16-17-28-18-20-31(21-19-28)36-38-34(29-8-4-2-5-9-29)35(30-10-6-3-7-11-30)39(36)33-24-22-32(37)23-25-33/h2-25H,1H3/b17-16+. The third-order valence-corrected chi connectivity index (χ3v) is 7.02. The van der Waals surface area contributed by atoms with Gasteiger partial charge >= 0.3 is 0 Å². The molecule has 0 atom stereocenters. The molecule has 0 saturated carbocycles. The number of aromatic nitrogens is 2. The van der Waals surface area contributed by atoms with Gasteiger partial charge in [0.25, 0.3) is 0 Å². The fraction of sp³-hybridized carbons (Fsp3) is 0.0278. The largest absolute Gasteiger partial charge is 0.292 e. The molecule has 5 aromatic carbocycles. The summed E-state index contributed by atoms with van der Waals surface area (Å²) in [5.74, 6) is 0.879. The molecule has 0 spiro atoms. The quantitative estimate of drug-likeness (QED) is 0.199. The van der Waals surface area contributed by atoms with Gasteiger partial charge in [-0.1, -0.05) is 139 Å². The molecular weight excluding hydrogens is 496 g/mol. The Morgan fingerprint density at radius 3 is 1.69 bits per heavy atom. The summed E-state index contributed by atoms with van der Waals surface area (Å²) in [6.07, 6.45) is 4.29. The van der Waals surface area contributed by atoms with Gasteiger partial charge in [-0.2, -0.15) is 0 Å². The summed E-state index contributed by atoms with van der Waals surface area (Å²) in [6.45, 7) is 2.10. The van der Waals surface area contributed by atoms with Crippen molar-refractivity contribution in [3.63, 3.8) is 0 Å². The van der Waals surface area contributed by atoms with Gasteiger partial charge in [-0.05, 0) is 42.3 Å². The van der Waals surface area contributed by atoms with Gasteiger partial charge in [0.15, 0.2) is 0 Å². The highest BCUT2D eigenvalue weighted by molar-refractivity contribution is 6.30. The van der Waals surface area contributed by atoms with Crippen molar-refractivity contribution in [2.24, 2.45) is 0 Å². The van der Waals surface area contributed by atoms with Gasteiger partial charge in [-0.25, -0.2) is 4.98 Å². The zero-order chi connectivity index (χ0) is 26.6. The lowest BCUT2D eigenvalue weighted by atomic mass is 10.0. The van der Waals surface area contributed by atoms with Crippen molar-refractivity contribution in [1.82, 2.24) is 9.55 Å². The molecule has 0 aliphatic heterocycles. The molecule has 0 bridgehead atoms. The molecule has 3 heteroatoms. The lowest BCUT2D eigenvalue weighted by molar-refractivity contribution is 1.07. The molecule has 2 nitrogen and oxygen atoms in total. The molecule has 188 valence electrons. The minimum Gasteiger partial charge on any atom is -0.292 e. The van der Waals surface area contributed by atoms with E-state index in [1.165, 1.54) is 11.1 Å². The predicted octanol–water partition coefficient (Wildman–Crippen LogP) is 10.0. The Kier molecular flexibility index (Phi) is 6.95. The van der Waals surface area contributed by atoms with Crippen LogP contribution >= 0.6 is 11.6 Å².